The first-order chi connectivity index (χ1) is 14.5. The highest BCUT2D eigenvalue weighted by atomic mass is 16.2. The van der Waals surface area contributed by atoms with Crippen LogP contribution in [0.3, 0.4) is 0 Å². The second-order valence-corrected chi connectivity index (χ2v) is 7.95. The van der Waals surface area contributed by atoms with Gasteiger partial charge in [0.05, 0.1) is 31.9 Å². The van der Waals surface area contributed by atoms with Gasteiger partial charge in [0.2, 0.25) is 5.43 Å². The van der Waals surface area contributed by atoms with E-state index in [0.29, 0.717) is 18.8 Å². The smallest absolute Gasteiger partial charge is 0.278 e. The molecule has 1 aliphatic rings. The van der Waals surface area contributed by atoms with Gasteiger partial charge in [-0.05, 0) is 26.0 Å². The molecule has 2 heterocycles. The summed E-state index contributed by atoms with van der Waals surface area (Å²) in [7, 11) is 0. The monoisotopic (exact) mass is 403 g/mol. The van der Waals surface area contributed by atoms with Crippen LogP contribution in [0.2, 0.25) is 0 Å². The van der Waals surface area contributed by atoms with Crippen molar-refractivity contribution in [2.24, 2.45) is 0 Å². The summed E-state index contributed by atoms with van der Waals surface area (Å²) in [4.78, 5) is 28.8. The predicted octanol–water partition coefficient (Wildman–Crippen LogP) is 1.39. The molecule has 0 spiro atoms. The van der Waals surface area contributed by atoms with Crippen LogP contribution in [0.5, 0.6) is 0 Å². The van der Waals surface area contributed by atoms with Crippen LogP contribution in [-0.4, -0.2) is 46.8 Å². The lowest BCUT2D eigenvalue weighted by molar-refractivity contribution is -0.917. The highest BCUT2D eigenvalue weighted by Crippen LogP contribution is 2.09. The summed E-state index contributed by atoms with van der Waals surface area (Å²) in [6.45, 7) is 7.85. The molecule has 1 saturated heterocycles. The van der Waals surface area contributed by atoms with Crippen LogP contribution in [0.25, 0.3) is 5.69 Å². The Morgan fingerprint density at radius 2 is 1.73 bits per heavy atom. The topological polar surface area (TPSA) is 59.6 Å². The Kier molecular flexibility index (Phi) is 5.77. The molecule has 2 aromatic carbocycles. The minimum absolute atomic E-state index is 0.00779. The zero-order valence-corrected chi connectivity index (χ0v) is 17.5. The zero-order valence-electron chi connectivity index (χ0n) is 17.5. The summed E-state index contributed by atoms with van der Waals surface area (Å²) < 4.78 is 1.66. The van der Waals surface area contributed by atoms with Crippen LogP contribution in [0, 0.1) is 13.8 Å². The predicted molar refractivity (Wildman–Crippen MR) is 116 cm³/mol. The summed E-state index contributed by atoms with van der Waals surface area (Å²) in [5, 5.41) is 4.42. The number of hydrogen-bond donors (Lipinski definition) is 1. The molecule has 3 aromatic rings. The van der Waals surface area contributed by atoms with E-state index in [1.807, 2.05) is 37.3 Å². The molecule has 0 unspecified atom stereocenters. The molecule has 0 aliphatic carbocycles. The number of para-hydroxylation sites is 1. The molecule has 1 aromatic heterocycles. The number of aryl methyl sites for hydroxylation is 2. The third-order valence-corrected chi connectivity index (χ3v) is 5.61. The molecule has 1 aliphatic heterocycles. The molecule has 30 heavy (non-hydrogen) atoms. The number of rotatable bonds is 4. The number of quaternary nitrogens is 1. The van der Waals surface area contributed by atoms with Crippen LogP contribution < -0.4 is 10.3 Å². The minimum atomic E-state index is -0.320. The zero-order chi connectivity index (χ0) is 21.1. The molecule has 1 amide bonds. The normalized spacial score (nSPS) is 14.7. The van der Waals surface area contributed by atoms with Crippen LogP contribution in [-0.2, 0) is 6.54 Å². The first kappa shape index (κ1) is 20.0. The average Bonchev–Trinajstić information content (AvgIpc) is 2.75. The molecule has 1 N–H and O–H groups in total. The lowest BCUT2D eigenvalue weighted by atomic mass is 10.1. The third-order valence-electron chi connectivity index (χ3n) is 5.61. The van der Waals surface area contributed by atoms with Gasteiger partial charge in [0.1, 0.15) is 6.54 Å². The van der Waals surface area contributed by atoms with Gasteiger partial charge in [-0.3, -0.25) is 9.59 Å². The fourth-order valence-corrected chi connectivity index (χ4v) is 3.99. The third kappa shape index (κ3) is 4.33. The Morgan fingerprint density at radius 1 is 1.00 bits per heavy atom. The lowest BCUT2D eigenvalue weighted by Crippen LogP contribution is -3.13. The fraction of sp³-hybridized carbons (Fsp3) is 0.292. The van der Waals surface area contributed by atoms with Crippen LogP contribution >= 0.6 is 0 Å². The number of amides is 1. The van der Waals surface area contributed by atoms with E-state index in [0.717, 1.165) is 25.3 Å². The van der Waals surface area contributed by atoms with E-state index >= 15 is 0 Å². The summed E-state index contributed by atoms with van der Waals surface area (Å²) in [6.07, 6.45) is 0. The van der Waals surface area contributed by atoms with Gasteiger partial charge in [0, 0.05) is 17.3 Å². The van der Waals surface area contributed by atoms with E-state index in [4.69, 9.17) is 0 Å². The largest absolute Gasteiger partial charge is 0.328 e. The highest BCUT2D eigenvalue weighted by molar-refractivity contribution is 5.92. The summed E-state index contributed by atoms with van der Waals surface area (Å²) in [5.74, 6) is -0.278. The van der Waals surface area contributed by atoms with E-state index in [9.17, 15) is 9.59 Å². The van der Waals surface area contributed by atoms with Crippen molar-refractivity contribution in [1.82, 2.24) is 14.7 Å². The Bertz CT molecular complexity index is 1100. The van der Waals surface area contributed by atoms with E-state index in [-0.39, 0.29) is 17.0 Å². The van der Waals surface area contributed by atoms with Gasteiger partial charge in [0.15, 0.2) is 5.69 Å². The van der Waals surface area contributed by atoms with E-state index in [2.05, 4.69) is 36.3 Å². The molecule has 4 rings (SSSR count). The Labute approximate surface area is 176 Å². The van der Waals surface area contributed by atoms with E-state index < -0.39 is 0 Å². The molecule has 6 nitrogen and oxygen atoms in total. The summed E-state index contributed by atoms with van der Waals surface area (Å²) >= 11 is 0. The summed E-state index contributed by atoms with van der Waals surface area (Å²) in [5.41, 5.74) is 3.79. The van der Waals surface area contributed by atoms with Gasteiger partial charge in [0.25, 0.3) is 5.91 Å². The fourth-order valence-electron chi connectivity index (χ4n) is 3.99. The average molecular weight is 404 g/mol. The number of aromatic nitrogens is 2. The van der Waals surface area contributed by atoms with Crippen molar-refractivity contribution in [2.45, 2.75) is 20.4 Å². The number of nitrogens with one attached hydrogen (secondary N) is 1. The van der Waals surface area contributed by atoms with E-state index in [1.165, 1.54) is 22.1 Å². The standard InChI is InChI=1S/C24H26N4O2/c1-18-7-6-8-20(15-18)17-26-11-13-27(14-12-26)24(30)23-22(29)16-19(2)28(25-23)21-9-4-3-5-10-21/h3-10,15-16H,11-14,17H2,1-2H3/p+1. The van der Waals surface area contributed by atoms with Crippen LogP contribution in [0.4, 0.5) is 0 Å². The van der Waals surface area contributed by atoms with Crippen molar-refractivity contribution in [3.63, 3.8) is 0 Å². The van der Waals surface area contributed by atoms with Crippen molar-refractivity contribution in [1.29, 1.82) is 0 Å². The Hall–Kier alpha value is -3.25. The molecule has 0 radical (unpaired) electrons. The maximum absolute atomic E-state index is 13.1. The number of hydrogen-bond acceptors (Lipinski definition) is 3. The van der Waals surface area contributed by atoms with Crippen molar-refractivity contribution in [2.75, 3.05) is 26.2 Å². The van der Waals surface area contributed by atoms with Crippen molar-refractivity contribution < 1.29 is 9.69 Å². The highest BCUT2D eigenvalue weighted by Gasteiger charge is 2.27. The van der Waals surface area contributed by atoms with Gasteiger partial charge in [-0.2, -0.15) is 5.10 Å². The van der Waals surface area contributed by atoms with Crippen LogP contribution in [0.15, 0.2) is 65.5 Å². The Balaban J connectivity index is 1.47. The molecule has 154 valence electrons. The van der Waals surface area contributed by atoms with Gasteiger partial charge in [-0.15, -0.1) is 0 Å². The molecular weight excluding hydrogens is 376 g/mol. The molecule has 1 fully saturated rings. The number of benzene rings is 2. The first-order valence-corrected chi connectivity index (χ1v) is 10.4. The van der Waals surface area contributed by atoms with Gasteiger partial charge in [-0.25, -0.2) is 4.68 Å². The molecule has 0 saturated carbocycles. The quantitative estimate of drug-likeness (QED) is 0.716. The van der Waals surface area contributed by atoms with Gasteiger partial charge >= 0.3 is 0 Å². The maximum atomic E-state index is 13.1. The maximum Gasteiger partial charge on any atom is 0.278 e. The van der Waals surface area contributed by atoms with Gasteiger partial charge < -0.3 is 9.80 Å². The summed E-state index contributed by atoms with van der Waals surface area (Å²) in [6, 6.07) is 19.6. The molecule has 0 atom stereocenters. The molecule has 0 bridgehead atoms. The van der Waals surface area contributed by atoms with Crippen molar-refractivity contribution >= 4 is 5.91 Å². The van der Waals surface area contributed by atoms with Crippen LogP contribution in [0.1, 0.15) is 27.3 Å². The second kappa shape index (κ2) is 8.63. The number of carbonyl (C=O) groups excluding carboxylic acids is 1. The van der Waals surface area contributed by atoms with Gasteiger partial charge in [-0.1, -0.05) is 48.0 Å². The Morgan fingerprint density at radius 3 is 2.43 bits per heavy atom. The lowest BCUT2D eigenvalue weighted by Gasteiger charge is -2.32. The number of piperazine rings is 1. The molecule has 6 heteroatoms. The van der Waals surface area contributed by atoms with Crippen molar-refractivity contribution in [3.8, 4) is 5.69 Å². The first-order valence-electron chi connectivity index (χ1n) is 10.4. The van der Waals surface area contributed by atoms with E-state index in [1.54, 1.807) is 9.58 Å². The minimum Gasteiger partial charge on any atom is -0.328 e. The second-order valence-electron chi connectivity index (χ2n) is 7.95. The SMILES string of the molecule is Cc1cccc(C[NH+]2CCN(C(=O)c3nn(-c4ccccc4)c(C)cc3=O)CC2)c1. The number of nitrogens with zero attached hydrogens (tertiary/aromatic N) is 3. The van der Waals surface area contributed by atoms with Crippen molar-refractivity contribution in [3.05, 3.63) is 93.4 Å². The number of carbonyl (C=O) groups is 1. The molecular formula is C24H27N4O2+.